The van der Waals surface area contributed by atoms with E-state index in [0.29, 0.717) is 11.8 Å². The molecular weight excluding hydrogens is 372 g/mol. The molecule has 0 unspecified atom stereocenters. The molecule has 1 aromatic carbocycles. The number of thiophene rings is 1. The Labute approximate surface area is 170 Å². The minimum absolute atomic E-state index is 0.0487. The monoisotopic (exact) mass is 400 g/mol. The summed E-state index contributed by atoms with van der Waals surface area (Å²) < 4.78 is 5.53. The smallest absolute Gasteiger partial charge is 0.258 e. The molecule has 1 fully saturated rings. The van der Waals surface area contributed by atoms with Crippen molar-refractivity contribution in [1.82, 2.24) is 16.0 Å². The third-order valence-electron chi connectivity index (χ3n) is 4.39. The van der Waals surface area contributed by atoms with Gasteiger partial charge in [0.15, 0.2) is 12.6 Å². The lowest BCUT2D eigenvalue weighted by molar-refractivity contribution is -0.123. The van der Waals surface area contributed by atoms with Crippen LogP contribution in [-0.2, 0) is 17.8 Å². The van der Waals surface area contributed by atoms with Gasteiger partial charge in [-0.2, -0.15) is 0 Å². The summed E-state index contributed by atoms with van der Waals surface area (Å²) in [5.41, 5.74) is 1.20. The summed E-state index contributed by atoms with van der Waals surface area (Å²) in [6, 6.07) is 12.5. The maximum Gasteiger partial charge on any atom is 0.258 e. The highest BCUT2D eigenvalue weighted by Gasteiger charge is 2.23. The van der Waals surface area contributed by atoms with E-state index in [9.17, 15) is 4.79 Å². The van der Waals surface area contributed by atoms with Gasteiger partial charge in [0.25, 0.3) is 5.91 Å². The third-order valence-corrected chi connectivity index (χ3v) is 5.39. The normalized spacial score (nSPS) is 13.9. The molecule has 0 bridgehead atoms. The largest absolute Gasteiger partial charge is 0.484 e. The number of benzene rings is 1. The van der Waals surface area contributed by atoms with Gasteiger partial charge >= 0.3 is 0 Å². The van der Waals surface area contributed by atoms with Crippen molar-refractivity contribution in [3.05, 3.63) is 51.7 Å². The first-order chi connectivity index (χ1) is 13.6. The van der Waals surface area contributed by atoms with Crippen LogP contribution in [0.25, 0.3) is 0 Å². The van der Waals surface area contributed by atoms with E-state index >= 15 is 0 Å². The predicted molar refractivity (Wildman–Crippen MR) is 114 cm³/mol. The van der Waals surface area contributed by atoms with Gasteiger partial charge < -0.3 is 20.7 Å². The second-order valence-corrected chi connectivity index (χ2v) is 8.26. The standard InChI is InChI=1S/C21H28N4O2S/c1-15-3-10-19(28-15)13-24-21(22-2)23-12-11-16-4-8-18(9-5-16)27-14-20(26)25-17-6-7-17/h3-5,8-10,17H,6-7,11-14H2,1-2H3,(H,25,26)(H2,22,23,24). The van der Waals surface area contributed by atoms with E-state index in [4.69, 9.17) is 4.74 Å². The van der Waals surface area contributed by atoms with Gasteiger partial charge in [0, 0.05) is 29.4 Å². The molecule has 0 aliphatic heterocycles. The fraction of sp³-hybridized carbons (Fsp3) is 0.429. The van der Waals surface area contributed by atoms with E-state index in [0.717, 1.165) is 38.3 Å². The molecule has 2 aromatic rings. The molecular formula is C21H28N4O2S. The quantitative estimate of drug-likeness (QED) is 0.447. The number of guanidine groups is 1. The Kier molecular flexibility index (Phi) is 7.31. The Hall–Kier alpha value is -2.54. The van der Waals surface area contributed by atoms with Crippen LogP contribution in [0.15, 0.2) is 41.4 Å². The fourth-order valence-electron chi connectivity index (χ4n) is 2.70. The average Bonchev–Trinajstić information content (AvgIpc) is 3.42. The summed E-state index contributed by atoms with van der Waals surface area (Å²) >= 11 is 1.79. The third kappa shape index (κ3) is 6.88. The van der Waals surface area contributed by atoms with E-state index < -0.39 is 0 Å². The zero-order valence-electron chi connectivity index (χ0n) is 16.5. The lowest BCUT2D eigenvalue weighted by Crippen LogP contribution is -2.37. The number of ether oxygens (including phenoxy) is 1. The average molecular weight is 401 g/mol. The lowest BCUT2D eigenvalue weighted by Gasteiger charge is -2.11. The van der Waals surface area contributed by atoms with Crippen LogP contribution in [0.3, 0.4) is 0 Å². The van der Waals surface area contributed by atoms with Gasteiger partial charge in [-0.05, 0) is 56.0 Å². The lowest BCUT2D eigenvalue weighted by atomic mass is 10.1. The summed E-state index contributed by atoms with van der Waals surface area (Å²) in [6.07, 6.45) is 3.05. The summed E-state index contributed by atoms with van der Waals surface area (Å²) in [4.78, 5) is 18.5. The van der Waals surface area contributed by atoms with Crippen LogP contribution in [0.5, 0.6) is 5.75 Å². The molecule has 3 rings (SSSR count). The van der Waals surface area contributed by atoms with Crippen molar-refractivity contribution in [2.75, 3.05) is 20.2 Å². The van der Waals surface area contributed by atoms with Crippen LogP contribution >= 0.6 is 11.3 Å². The Morgan fingerprint density at radius 1 is 1.18 bits per heavy atom. The SMILES string of the molecule is CN=C(NCCc1ccc(OCC(=O)NC2CC2)cc1)NCc1ccc(C)s1. The number of carbonyl (C=O) groups excluding carboxylic acids is 1. The number of hydrogen-bond donors (Lipinski definition) is 3. The number of aliphatic imine (C=N–C) groups is 1. The summed E-state index contributed by atoms with van der Waals surface area (Å²) in [5.74, 6) is 1.46. The van der Waals surface area contributed by atoms with Crippen LogP contribution < -0.4 is 20.7 Å². The van der Waals surface area contributed by atoms with Crippen LogP contribution in [0.2, 0.25) is 0 Å². The Morgan fingerprint density at radius 2 is 1.96 bits per heavy atom. The molecule has 0 spiro atoms. The van der Waals surface area contributed by atoms with Crippen molar-refractivity contribution in [3.8, 4) is 5.75 Å². The van der Waals surface area contributed by atoms with Gasteiger partial charge in [0.05, 0.1) is 6.54 Å². The molecule has 28 heavy (non-hydrogen) atoms. The van der Waals surface area contributed by atoms with E-state index in [-0.39, 0.29) is 12.5 Å². The minimum Gasteiger partial charge on any atom is -0.484 e. The molecule has 1 saturated carbocycles. The summed E-state index contributed by atoms with van der Waals surface area (Å²) in [7, 11) is 1.78. The van der Waals surface area contributed by atoms with Gasteiger partial charge in [-0.3, -0.25) is 9.79 Å². The number of nitrogens with one attached hydrogen (secondary N) is 3. The number of aryl methyl sites for hydroxylation is 1. The van der Waals surface area contributed by atoms with Crippen molar-refractivity contribution in [2.24, 2.45) is 4.99 Å². The van der Waals surface area contributed by atoms with Gasteiger partial charge in [0.2, 0.25) is 0 Å². The number of amides is 1. The molecule has 1 heterocycles. The molecule has 1 amide bonds. The highest BCUT2D eigenvalue weighted by Crippen LogP contribution is 2.18. The van der Waals surface area contributed by atoms with Crippen LogP contribution in [0.4, 0.5) is 0 Å². The number of nitrogens with zero attached hydrogens (tertiary/aromatic N) is 1. The minimum atomic E-state index is -0.0487. The first-order valence-electron chi connectivity index (χ1n) is 9.63. The highest BCUT2D eigenvalue weighted by atomic mass is 32.1. The molecule has 1 aliphatic rings. The van der Waals surface area contributed by atoms with E-state index in [1.807, 2.05) is 24.3 Å². The molecule has 6 nitrogen and oxygen atoms in total. The Morgan fingerprint density at radius 3 is 2.61 bits per heavy atom. The zero-order valence-corrected chi connectivity index (χ0v) is 17.3. The van der Waals surface area contributed by atoms with Crippen LogP contribution in [-0.4, -0.2) is 38.1 Å². The highest BCUT2D eigenvalue weighted by molar-refractivity contribution is 7.11. The Bertz CT molecular complexity index is 797. The van der Waals surface area contributed by atoms with Crippen molar-refractivity contribution in [3.63, 3.8) is 0 Å². The van der Waals surface area contributed by atoms with Gasteiger partial charge in [-0.25, -0.2) is 0 Å². The molecule has 150 valence electrons. The van der Waals surface area contributed by atoms with Crippen LogP contribution in [0, 0.1) is 6.92 Å². The van der Waals surface area contributed by atoms with E-state index in [2.05, 4.69) is 40.0 Å². The summed E-state index contributed by atoms with van der Waals surface area (Å²) in [6.45, 7) is 3.75. The second-order valence-electron chi connectivity index (χ2n) is 6.89. The zero-order chi connectivity index (χ0) is 19.8. The van der Waals surface area contributed by atoms with Gasteiger partial charge in [-0.1, -0.05) is 12.1 Å². The molecule has 3 N–H and O–H groups in total. The van der Waals surface area contributed by atoms with E-state index in [1.54, 1.807) is 18.4 Å². The predicted octanol–water partition coefficient (Wildman–Crippen LogP) is 2.62. The van der Waals surface area contributed by atoms with Crippen LogP contribution in [0.1, 0.15) is 28.2 Å². The molecule has 0 radical (unpaired) electrons. The van der Waals surface area contributed by atoms with Gasteiger partial charge in [-0.15, -0.1) is 11.3 Å². The van der Waals surface area contributed by atoms with Gasteiger partial charge in [0.1, 0.15) is 5.75 Å². The van der Waals surface area contributed by atoms with E-state index in [1.165, 1.54) is 15.3 Å². The first-order valence-corrected chi connectivity index (χ1v) is 10.4. The van der Waals surface area contributed by atoms with Crippen molar-refractivity contribution in [2.45, 2.75) is 38.8 Å². The first kappa shape index (κ1) is 20.2. The number of hydrogen-bond acceptors (Lipinski definition) is 4. The summed E-state index contributed by atoms with van der Waals surface area (Å²) in [5, 5.41) is 9.58. The van der Waals surface area contributed by atoms with Crippen molar-refractivity contribution < 1.29 is 9.53 Å². The topological polar surface area (TPSA) is 74.8 Å². The molecule has 1 aliphatic carbocycles. The van der Waals surface area contributed by atoms with Crippen molar-refractivity contribution >= 4 is 23.2 Å². The molecule has 1 aromatic heterocycles. The number of carbonyl (C=O) groups is 1. The second kappa shape index (κ2) is 10.1. The number of rotatable bonds is 9. The fourth-order valence-corrected chi connectivity index (χ4v) is 3.53. The molecule has 0 saturated heterocycles. The molecule has 0 atom stereocenters. The maximum atomic E-state index is 11.7. The maximum absolute atomic E-state index is 11.7. The van der Waals surface area contributed by atoms with Crippen molar-refractivity contribution in [1.29, 1.82) is 0 Å². The Balaban J connectivity index is 1.34. The molecule has 7 heteroatoms.